The smallest absolute Gasteiger partial charge is 0.159 e. The molecule has 22 heavy (non-hydrogen) atoms. The van der Waals surface area contributed by atoms with E-state index >= 15 is 0 Å². The second-order valence-electron chi connectivity index (χ2n) is 5.50. The summed E-state index contributed by atoms with van der Waals surface area (Å²) in [7, 11) is 0. The zero-order valence-corrected chi connectivity index (χ0v) is 14.0. The molecule has 2 heterocycles. The van der Waals surface area contributed by atoms with Gasteiger partial charge in [0.1, 0.15) is 12.0 Å². The number of hydrogen-bond acceptors (Lipinski definition) is 5. The highest BCUT2D eigenvalue weighted by atomic mass is 79.9. The Kier molecular flexibility index (Phi) is 4.77. The fraction of sp³-hybridized carbons (Fsp3) is 0.375. The van der Waals surface area contributed by atoms with Crippen LogP contribution >= 0.6 is 15.9 Å². The number of rotatable bonds is 3. The van der Waals surface area contributed by atoms with Crippen LogP contribution in [0.25, 0.3) is 0 Å². The SMILES string of the molecule is Nc1c(Nc2cccc(Br)c2)ncnc1N1CCCCCC1. The van der Waals surface area contributed by atoms with Crippen molar-refractivity contribution in [3.8, 4) is 0 Å². The van der Waals surface area contributed by atoms with Crippen molar-refractivity contribution >= 4 is 38.9 Å². The summed E-state index contributed by atoms with van der Waals surface area (Å²) >= 11 is 3.47. The third-order valence-corrected chi connectivity index (χ3v) is 4.35. The van der Waals surface area contributed by atoms with Crippen molar-refractivity contribution in [2.24, 2.45) is 0 Å². The molecule has 2 aromatic rings. The average molecular weight is 362 g/mol. The first-order valence-corrected chi connectivity index (χ1v) is 8.41. The third kappa shape index (κ3) is 3.50. The maximum absolute atomic E-state index is 6.31. The molecule has 0 spiro atoms. The lowest BCUT2D eigenvalue weighted by Crippen LogP contribution is -2.26. The highest BCUT2D eigenvalue weighted by molar-refractivity contribution is 9.10. The van der Waals surface area contributed by atoms with Gasteiger partial charge < -0.3 is 16.0 Å². The van der Waals surface area contributed by atoms with E-state index in [9.17, 15) is 0 Å². The van der Waals surface area contributed by atoms with Gasteiger partial charge in [0.25, 0.3) is 0 Å². The fourth-order valence-corrected chi connectivity index (χ4v) is 3.12. The minimum Gasteiger partial charge on any atom is -0.393 e. The Morgan fingerprint density at radius 3 is 2.59 bits per heavy atom. The Morgan fingerprint density at radius 1 is 1.09 bits per heavy atom. The Labute approximate surface area is 139 Å². The molecule has 0 aliphatic carbocycles. The minimum atomic E-state index is 0.615. The van der Waals surface area contributed by atoms with Crippen molar-refractivity contribution < 1.29 is 0 Å². The summed E-state index contributed by atoms with van der Waals surface area (Å²) in [5.41, 5.74) is 7.87. The number of halogens is 1. The van der Waals surface area contributed by atoms with E-state index in [4.69, 9.17) is 5.73 Å². The molecule has 1 aromatic carbocycles. The Morgan fingerprint density at radius 2 is 1.86 bits per heavy atom. The first kappa shape index (κ1) is 15.1. The van der Waals surface area contributed by atoms with E-state index in [1.165, 1.54) is 25.7 Å². The molecule has 1 aromatic heterocycles. The molecule has 1 saturated heterocycles. The summed E-state index contributed by atoms with van der Waals surface area (Å²) in [5.74, 6) is 1.50. The summed E-state index contributed by atoms with van der Waals surface area (Å²) < 4.78 is 1.01. The molecule has 0 bridgehead atoms. The van der Waals surface area contributed by atoms with Gasteiger partial charge >= 0.3 is 0 Å². The monoisotopic (exact) mass is 361 g/mol. The van der Waals surface area contributed by atoms with E-state index in [0.29, 0.717) is 11.5 Å². The standard InChI is InChI=1S/C16H20BrN5/c17-12-6-5-7-13(10-12)21-15-14(18)16(20-11-19-15)22-8-3-1-2-4-9-22/h5-7,10-11H,1-4,8-9,18H2,(H,19,20,21). The molecule has 3 N–H and O–H groups in total. The van der Waals surface area contributed by atoms with Crippen LogP contribution in [0.4, 0.5) is 23.0 Å². The normalized spacial score (nSPS) is 15.4. The van der Waals surface area contributed by atoms with Crippen LogP contribution < -0.4 is 16.0 Å². The zero-order chi connectivity index (χ0) is 15.4. The molecule has 5 nitrogen and oxygen atoms in total. The lowest BCUT2D eigenvalue weighted by Gasteiger charge is -2.23. The molecule has 0 unspecified atom stereocenters. The highest BCUT2D eigenvalue weighted by Gasteiger charge is 2.16. The number of benzene rings is 1. The van der Waals surface area contributed by atoms with Crippen molar-refractivity contribution in [1.82, 2.24) is 9.97 Å². The fourth-order valence-electron chi connectivity index (χ4n) is 2.72. The number of nitrogens with two attached hydrogens (primary N) is 1. The lowest BCUT2D eigenvalue weighted by molar-refractivity contribution is 0.726. The number of nitrogens with zero attached hydrogens (tertiary/aromatic N) is 3. The number of aromatic nitrogens is 2. The van der Waals surface area contributed by atoms with Crippen LogP contribution in [0.2, 0.25) is 0 Å². The topological polar surface area (TPSA) is 67.1 Å². The molecule has 1 aliphatic rings. The first-order valence-electron chi connectivity index (χ1n) is 7.62. The van der Waals surface area contributed by atoms with E-state index in [0.717, 1.165) is 29.1 Å². The van der Waals surface area contributed by atoms with Crippen LogP contribution in [0.15, 0.2) is 35.1 Å². The predicted octanol–water partition coefficient (Wildman–Crippen LogP) is 3.95. The quantitative estimate of drug-likeness (QED) is 0.866. The molecular formula is C16H20BrN5. The third-order valence-electron chi connectivity index (χ3n) is 3.86. The molecule has 3 rings (SSSR count). The maximum Gasteiger partial charge on any atom is 0.159 e. The Hall–Kier alpha value is -1.82. The molecular weight excluding hydrogens is 342 g/mol. The minimum absolute atomic E-state index is 0.615. The molecule has 1 fully saturated rings. The highest BCUT2D eigenvalue weighted by Crippen LogP contribution is 2.30. The lowest BCUT2D eigenvalue weighted by atomic mass is 10.2. The molecule has 0 saturated carbocycles. The molecule has 0 atom stereocenters. The van der Waals surface area contributed by atoms with Gasteiger partial charge in [-0.05, 0) is 31.0 Å². The van der Waals surface area contributed by atoms with Gasteiger partial charge in [-0.2, -0.15) is 0 Å². The summed E-state index contributed by atoms with van der Waals surface area (Å²) in [6, 6.07) is 7.93. The van der Waals surface area contributed by atoms with Crippen LogP contribution in [0.3, 0.4) is 0 Å². The first-order chi connectivity index (χ1) is 10.7. The number of hydrogen-bond donors (Lipinski definition) is 2. The molecule has 1 aliphatic heterocycles. The summed E-state index contributed by atoms with van der Waals surface area (Å²) in [5, 5.41) is 3.28. The van der Waals surface area contributed by atoms with Crippen molar-refractivity contribution in [3.05, 3.63) is 35.1 Å². The van der Waals surface area contributed by atoms with E-state index in [1.807, 2.05) is 24.3 Å². The van der Waals surface area contributed by atoms with Gasteiger partial charge in [0.15, 0.2) is 11.6 Å². The van der Waals surface area contributed by atoms with Gasteiger partial charge in [-0.15, -0.1) is 0 Å². The van der Waals surface area contributed by atoms with Crippen LogP contribution in [-0.4, -0.2) is 23.1 Å². The summed E-state index contributed by atoms with van der Waals surface area (Å²) in [6.45, 7) is 2.02. The largest absolute Gasteiger partial charge is 0.393 e. The van der Waals surface area contributed by atoms with Gasteiger partial charge in [-0.1, -0.05) is 34.8 Å². The molecule has 6 heteroatoms. The zero-order valence-electron chi connectivity index (χ0n) is 12.4. The van der Waals surface area contributed by atoms with Crippen LogP contribution in [0, 0.1) is 0 Å². The van der Waals surface area contributed by atoms with Gasteiger partial charge in [0.2, 0.25) is 0 Å². The Bertz CT molecular complexity index is 638. The Balaban J connectivity index is 1.85. The van der Waals surface area contributed by atoms with Crippen molar-refractivity contribution in [3.63, 3.8) is 0 Å². The van der Waals surface area contributed by atoms with Crippen molar-refractivity contribution in [2.75, 3.05) is 29.0 Å². The van der Waals surface area contributed by atoms with E-state index in [2.05, 4.69) is 36.1 Å². The number of nitrogen functional groups attached to an aromatic ring is 1. The van der Waals surface area contributed by atoms with Crippen molar-refractivity contribution in [1.29, 1.82) is 0 Å². The van der Waals surface area contributed by atoms with Crippen LogP contribution in [-0.2, 0) is 0 Å². The number of anilines is 4. The summed E-state index contributed by atoms with van der Waals surface area (Å²) in [4.78, 5) is 11.0. The van der Waals surface area contributed by atoms with E-state index < -0.39 is 0 Å². The van der Waals surface area contributed by atoms with Gasteiger partial charge in [0, 0.05) is 23.2 Å². The molecule has 116 valence electrons. The second-order valence-corrected chi connectivity index (χ2v) is 6.41. The molecule has 0 amide bonds. The number of nitrogens with one attached hydrogen (secondary N) is 1. The van der Waals surface area contributed by atoms with Gasteiger partial charge in [0.05, 0.1) is 0 Å². The van der Waals surface area contributed by atoms with Gasteiger partial charge in [-0.25, -0.2) is 9.97 Å². The van der Waals surface area contributed by atoms with Crippen LogP contribution in [0.1, 0.15) is 25.7 Å². The van der Waals surface area contributed by atoms with Crippen LogP contribution in [0.5, 0.6) is 0 Å². The molecule has 0 radical (unpaired) electrons. The van der Waals surface area contributed by atoms with E-state index in [1.54, 1.807) is 6.33 Å². The average Bonchev–Trinajstić information content (AvgIpc) is 2.79. The summed E-state index contributed by atoms with van der Waals surface area (Å²) in [6.07, 6.45) is 6.53. The van der Waals surface area contributed by atoms with Gasteiger partial charge in [-0.3, -0.25) is 0 Å². The second kappa shape index (κ2) is 6.96. The van der Waals surface area contributed by atoms with Crippen molar-refractivity contribution in [2.45, 2.75) is 25.7 Å². The maximum atomic E-state index is 6.31. The van der Waals surface area contributed by atoms with E-state index in [-0.39, 0.29) is 0 Å². The predicted molar refractivity (Wildman–Crippen MR) is 94.6 cm³/mol.